The number of pyridine rings is 1. The van der Waals surface area contributed by atoms with Crippen LogP contribution in [-0.4, -0.2) is 17.9 Å². The molecule has 1 aliphatic heterocycles. The first-order valence-electron chi connectivity index (χ1n) is 12.7. The number of nitrogens with one attached hydrogen (secondary N) is 1. The lowest BCUT2D eigenvalue weighted by atomic mass is 9.68. The molecule has 5 heteroatoms. The summed E-state index contributed by atoms with van der Waals surface area (Å²) < 4.78 is 11.9. The van der Waals surface area contributed by atoms with Crippen molar-refractivity contribution in [3.05, 3.63) is 107 Å². The van der Waals surface area contributed by atoms with Gasteiger partial charge in [0.15, 0.2) is 17.3 Å². The minimum atomic E-state index is -0.222. The zero-order valence-corrected chi connectivity index (χ0v) is 21.4. The summed E-state index contributed by atoms with van der Waals surface area (Å²) in [5.41, 5.74) is 6.89. The molecule has 0 bridgehead atoms. The molecule has 5 nitrogen and oxygen atoms in total. The zero-order chi connectivity index (χ0) is 25.6. The number of ether oxygens (including phenoxy) is 2. The standard InChI is InChI=1S/C32H30N2O3/c1-32(2)17-25-31(26(35)18-32)29(30-22-10-7-15-33-23(22)12-13-24(30)34-25)21-11-14-27(28(16-21)36-3)37-19-20-8-5-4-6-9-20/h4-16,29,34H,17-19H2,1-3H3. The first-order chi connectivity index (χ1) is 17.9. The molecule has 186 valence electrons. The summed E-state index contributed by atoms with van der Waals surface area (Å²) in [7, 11) is 1.66. The van der Waals surface area contributed by atoms with Crippen LogP contribution >= 0.6 is 0 Å². The number of nitrogens with zero attached hydrogens (tertiary/aromatic N) is 1. The SMILES string of the molecule is COc1cc(C2C3=C(CC(C)(C)CC3=O)Nc3ccc4ncccc4c32)ccc1OCc1ccccc1. The molecule has 0 saturated carbocycles. The largest absolute Gasteiger partial charge is 0.493 e. The van der Waals surface area contributed by atoms with Gasteiger partial charge in [-0.05, 0) is 58.9 Å². The number of allylic oxidation sites excluding steroid dienone is 2. The van der Waals surface area contributed by atoms with Crippen molar-refractivity contribution in [1.29, 1.82) is 0 Å². The van der Waals surface area contributed by atoms with Gasteiger partial charge in [0.1, 0.15) is 6.61 Å². The van der Waals surface area contributed by atoms with Crippen LogP contribution in [0.15, 0.2) is 90.3 Å². The van der Waals surface area contributed by atoms with Crippen LogP contribution in [0.25, 0.3) is 10.9 Å². The van der Waals surface area contributed by atoms with Gasteiger partial charge in [0.05, 0.1) is 12.6 Å². The first-order valence-corrected chi connectivity index (χ1v) is 12.7. The Morgan fingerprint density at radius 2 is 1.81 bits per heavy atom. The summed E-state index contributed by atoms with van der Waals surface area (Å²) in [4.78, 5) is 18.3. The van der Waals surface area contributed by atoms with Gasteiger partial charge < -0.3 is 14.8 Å². The molecule has 0 saturated heterocycles. The molecule has 1 unspecified atom stereocenters. The number of methoxy groups -OCH3 is 1. The van der Waals surface area contributed by atoms with Crippen LogP contribution in [0.2, 0.25) is 0 Å². The van der Waals surface area contributed by atoms with Crippen LogP contribution in [0.1, 0.15) is 49.3 Å². The number of hydrogen-bond donors (Lipinski definition) is 1. The summed E-state index contributed by atoms with van der Waals surface area (Å²) >= 11 is 0. The number of hydrogen-bond acceptors (Lipinski definition) is 5. The molecule has 2 aliphatic rings. The number of aromatic nitrogens is 1. The molecule has 1 atom stereocenters. The van der Waals surface area contributed by atoms with Crippen molar-refractivity contribution < 1.29 is 14.3 Å². The van der Waals surface area contributed by atoms with Gasteiger partial charge in [-0.1, -0.05) is 56.3 Å². The number of fused-ring (bicyclic) bond motifs is 3. The van der Waals surface area contributed by atoms with E-state index >= 15 is 0 Å². The normalized spacial score (nSPS) is 18.1. The predicted octanol–water partition coefficient (Wildman–Crippen LogP) is 7.02. The van der Waals surface area contributed by atoms with E-state index in [0.717, 1.165) is 51.0 Å². The highest BCUT2D eigenvalue weighted by molar-refractivity contribution is 6.04. The second-order valence-corrected chi connectivity index (χ2v) is 10.7. The van der Waals surface area contributed by atoms with Crippen molar-refractivity contribution in [3.8, 4) is 11.5 Å². The molecule has 2 heterocycles. The van der Waals surface area contributed by atoms with E-state index in [9.17, 15) is 4.79 Å². The Balaban J connectivity index is 1.48. The third-order valence-corrected chi connectivity index (χ3v) is 7.37. The zero-order valence-electron chi connectivity index (χ0n) is 21.4. The number of carbonyl (C=O) groups excluding carboxylic acids is 1. The highest BCUT2D eigenvalue weighted by Gasteiger charge is 2.41. The van der Waals surface area contributed by atoms with Gasteiger partial charge >= 0.3 is 0 Å². The topological polar surface area (TPSA) is 60.5 Å². The third-order valence-electron chi connectivity index (χ3n) is 7.37. The highest BCUT2D eigenvalue weighted by Crippen LogP contribution is 2.51. The van der Waals surface area contributed by atoms with Crippen LogP contribution in [0, 0.1) is 5.41 Å². The van der Waals surface area contributed by atoms with Crippen molar-refractivity contribution in [1.82, 2.24) is 4.98 Å². The molecule has 1 N–H and O–H groups in total. The average molecular weight is 491 g/mol. The smallest absolute Gasteiger partial charge is 0.162 e. The average Bonchev–Trinajstić information content (AvgIpc) is 2.90. The Hall–Kier alpha value is -4.12. The number of Topliss-reactive ketones (excluding diaryl/α,β-unsaturated/α-hetero) is 1. The minimum absolute atomic E-state index is 0.0871. The van der Waals surface area contributed by atoms with Crippen LogP contribution < -0.4 is 14.8 Å². The fourth-order valence-corrected chi connectivity index (χ4v) is 5.73. The maximum Gasteiger partial charge on any atom is 0.162 e. The van der Waals surface area contributed by atoms with E-state index in [1.54, 1.807) is 13.3 Å². The molecule has 0 amide bonds. The van der Waals surface area contributed by atoms with E-state index in [2.05, 4.69) is 42.3 Å². The molecular weight excluding hydrogens is 460 g/mol. The maximum absolute atomic E-state index is 13.7. The number of anilines is 1. The number of benzene rings is 3. The van der Waals surface area contributed by atoms with Crippen molar-refractivity contribution in [3.63, 3.8) is 0 Å². The molecule has 1 aliphatic carbocycles. The first kappa shape index (κ1) is 23.3. The summed E-state index contributed by atoms with van der Waals surface area (Å²) in [5, 5.41) is 4.68. The number of carbonyl (C=O) groups is 1. The predicted molar refractivity (Wildman–Crippen MR) is 146 cm³/mol. The summed E-state index contributed by atoms with van der Waals surface area (Å²) in [6, 6.07) is 24.3. The van der Waals surface area contributed by atoms with E-state index in [1.165, 1.54) is 0 Å². The van der Waals surface area contributed by atoms with Crippen LogP contribution in [-0.2, 0) is 11.4 Å². The second-order valence-electron chi connectivity index (χ2n) is 10.7. The number of rotatable bonds is 5. The molecular formula is C32H30N2O3. The fourth-order valence-electron chi connectivity index (χ4n) is 5.73. The molecule has 37 heavy (non-hydrogen) atoms. The molecule has 4 aromatic rings. The van der Waals surface area contributed by atoms with Gasteiger partial charge in [-0.2, -0.15) is 0 Å². The summed E-state index contributed by atoms with van der Waals surface area (Å²) in [5.74, 6) is 1.30. The van der Waals surface area contributed by atoms with Gasteiger partial charge in [-0.25, -0.2) is 0 Å². The Morgan fingerprint density at radius 1 is 0.973 bits per heavy atom. The Morgan fingerprint density at radius 3 is 2.62 bits per heavy atom. The van der Waals surface area contributed by atoms with Crippen molar-refractivity contribution in [2.24, 2.45) is 5.41 Å². The van der Waals surface area contributed by atoms with E-state index in [0.29, 0.717) is 24.5 Å². The van der Waals surface area contributed by atoms with Gasteiger partial charge in [0.25, 0.3) is 0 Å². The molecule has 6 rings (SSSR count). The molecule has 0 spiro atoms. The fraction of sp³-hybridized carbons (Fsp3) is 0.250. The maximum atomic E-state index is 13.7. The lowest BCUT2D eigenvalue weighted by molar-refractivity contribution is -0.118. The summed E-state index contributed by atoms with van der Waals surface area (Å²) in [6.07, 6.45) is 3.16. The Labute approximate surface area is 217 Å². The van der Waals surface area contributed by atoms with Crippen molar-refractivity contribution >= 4 is 22.4 Å². The van der Waals surface area contributed by atoms with Crippen LogP contribution in [0.5, 0.6) is 11.5 Å². The molecule has 1 aromatic heterocycles. The second kappa shape index (κ2) is 9.07. The van der Waals surface area contributed by atoms with Crippen molar-refractivity contribution in [2.45, 2.75) is 39.2 Å². The third kappa shape index (κ3) is 4.25. The van der Waals surface area contributed by atoms with Gasteiger partial charge in [-0.3, -0.25) is 9.78 Å². The summed E-state index contributed by atoms with van der Waals surface area (Å²) in [6.45, 7) is 4.77. The molecule has 0 fully saturated rings. The number of ketones is 1. The lowest BCUT2D eigenvalue weighted by Crippen LogP contribution is -2.33. The minimum Gasteiger partial charge on any atom is -0.493 e. The Bertz CT molecular complexity index is 1540. The van der Waals surface area contributed by atoms with Gasteiger partial charge in [-0.15, -0.1) is 0 Å². The van der Waals surface area contributed by atoms with Crippen LogP contribution in [0.4, 0.5) is 5.69 Å². The highest BCUT2D eigenvalue weighted by atomic mass is 16.5. The van der Waals surface area contributed by atoms with Crippen LogP contribution in [0.3, 0.4) is 0 Å². The van der Waals surface area contributed by atoms with E-state index < -0.39 is 0 Å². The molecule has 0 radical (unpaired) electrons. The van der Waals surface area contributed by atoms with E-state index in [1.807, 2.05) is 54.6 Å². The van der Waals surface area contributed by atoms with Gasteiger partial charge in [0.2, 0.25) is 0 Å². The van der Waals surface area contributed by atoms with E-state index in [4.69, 9.17) is 9.47 Å². The monoisotopic (exact) mass is 490 g/mol. The quantitative estimate of drug-likeness (QED) is 0.326. The molecule has 3 aromatic carbocycles. The lowest BCUT2D eigenvalue weighted by Gasteiger charge is -2.40. The van der Waals surface area contributed by atoms with Gasteiger partial charge in [0, 0.05) is 40.9 Å². The van der Waals surface area contributed by atoms with E-state index in [-0.39, 0.29) is 17.1 Å². The Kier molecular flexibility index (Phi) is 5.71. The van der Waals surface area contributed by atoms with Crippen molar-refractivity contribution in [2.75, 3.05) is 12.4 Å².